The maximum Gasteiger partial charge on any atom is 0.256 e. The Kier molecular flexibility index (Phi) is 4.88. The van der Waals surface area contributed by atoms with Crippen molar-refractivity contribution in [1.29, 1.82) is 0 Å². The maximum atomic E-state index is 13.3. The van der Waals surface area contributed by atoms with Crippen molar-refractivity contribution in [3.63, 3.8) is 0 Å². The van der Waals surface area contributed by atoms with Crippen molar-refractivity contribution in [2.24, 2.45) is 7.05 Å². The van der Waals surface area contributed by atoms with E-state index in [1.165, 1.54) is 24.6 Å². The minimum Gasteiger partial charge on any atom is -0.508 e. The first-order valence-corrected chi connectivity index (χ1v) is 10.6. The monoisotopic (exact) mass is 373 g/mol. The molecule has 0 radical (unpaired) electrons. The van der Waals surface area contributed by atoms with E-state index in [1.54, 1.807) is 12.1 Å². The third-order valence-corrected chi connectivity index (χ3v) is 6.95. The molecule has 140 valence electrons. The number of phenols is 1. The van der Waals surface area contributed by atoms with Crippen LogP contribution >= 0.6 is 11.8 Å². The average molecular weight is 374 g/mol. The topological polar surface area (TPSA) is 48.7 Å². The molecule has 6 heteroatoms. The van der Waals surface area contributed by atoms with E-state index in [2.05, 4.69) is 4.90 Å². The molecule has 1 amide bonds. The second-order valence-electron chi connectivity index (χ2n) is 7.39. The fraction of sp³-hybridized carbons (Fsp3) is 0.550. The number of carbonyl (C=O) groups excluding carboxylic acids is 1. The molecule has 0 atom stereocenters. The van der Waals surface area contributed by atoms with Gasteiger partial charge in [-0.25, -0.2) is 0 Å². The molecule has 1 N–H and O–H groups in total. The van der Waals surface area contributed by atoms with Gasteiger partial charge in [0.1, 0.15) is 5.75 Å². The van der Waals surface area contributed by atoms with Gasteiger partial charge in [0.05, 0.1) is 5.56 Å². The smallest absolute Gasteiger partial charge is 0.256 e. The highest BCUT2D eigenvalue weighted by Gasteiger charge is 2.30. The zero-order chi connectivity index (χ0) is 18.3. The molecule has 26 heavy (non-hydrogen) atoms. The highest BCUT2D eigenvalue weighted by atomic mass is 32.2. The van der Waals surface area contributed by atoms with Gasteiger partial charge in [-0.05, 0) is 38.0 Å². The number of nitrogens with zero attached hydrogens (tertiary/aromatic N) is 3. The quantitative estimate of drug-likeness (QED) is 0.879. The molecule has 1 aromatic carbocycles. The Bertz CT molecular complexity index is 818. The van der Waals surface area contributed by atoms with E-state index in [-0.39, 0.29) is 11.7 Å². The molecule has 2 saturated heterocycles. The first-order chi connectivity index (χ1) is 12.6. The zero-order valence-corrected chi connectivity index (χ0v) is 16.4. The number of benzene rings is 1. The van der Waals surface area contributed by atoms with Gasteiger partial charge in [0.25, 0.3) is 5.91 Å². The third-order valence-electron chi connectivity index (χ3n) is 6.00. The number of thioether (sulfide) groups is 1. The van der Waals surface area contributed by atoms with Gasteiger partial charge >= 0.3 is 0 Å². The van der Waals surface area contributed by atoms with Crippen LogP contribution in [0, 0.1) is 6.92 Å². The largest absolute Gasteiger partial charge is 0.508 e. The van der Waals surface area contributed by atoms with Crippen LogP contribution in [0.2, 0.25) is 0 Å². The highest BCUT2D eigenvalue weighted by Crippen LogP contribution is 2.30. The summed E-state index contributed by atoms with van der Waals surface area (Å²) in [4.78, 5) is 17.9. The van der Waals surface area contributed by atoms with Gasteiger partial charge in [-0.15, -0.1) is 0 Å². The lowest BCUT2D eigenvalue weighted by atomic mass is 10.0. The number of carbonyl (C=O) groups is 1. The highest BCUT2D eigenvalue weighted by molar-refractivity contribution is 7.99. The number of aromatic nitrogens is 1. The summed E-state index contributed by atoms with van der Waals surface area (Å²) in [6.45, 7) is 6.00. The number of fused-ring (bicyclic) bond motifs is 1. The van der Waals surface area contributed by atoms with Crippen molar-refractivity contribution < 1.29 is 9.90 Å². The molecular weight excluding hydrogens is 346 g/mol. The van der Waals surface area contributed by atoms with Crippen LogP contribution in [-0.2, 0) is 7.05 Å². The predicted molar refractivity (Wildman–Crippen MR) is 107 cm³/mol. The molecule has 3 heterocycles. The number of hydrogen-bond donors (Lipinski definition) is 1. The lowest BCUT2D eigenvalue weighted by molar-refractivity contribution is 0.0632. The molecule has 4 rings (SSSR count). The van der Waals surface area contributed by atoms with E-state index in [9.17, 15) is 9.90 Å². The lowest BCUT2D eigenvalue weighted by Gasteiger charge is -2.40. The van der Waals surface area contributed by atoms with Crippen molar-refractivity contribution in [3.8, 4) is 5.75 Å². The second kappa shape index (κ2) is 7.16. The molecule has 0 saturated carbocycles. The molecule has 0 unspecified atom stereocenters. The summed E-state index contributed by atoms with van der Waals surface area (Å²) >= 11 is 2.04. The van der Waals surface area contributed by atoms with Crippen molar-refractivity contribution in [2.75, 3.05) is 37.7 Å². The lowest BCUT2D eigenvalue weighted by Crippen LogP contribution is -2.49. The van der Waals surface area contributed by atoms with Gasteiger partial charge in [0.2, 0.25) is 0 Å². The summed E-state index contributed by atoms with van der Waals surface area (Å²) in [5, 5.41) is 10.7. The normalized spacial score (nSPS) is 20.0. The van der Waals surface area contributed by atoms with Crippen LogP contribution in [0.4, 0.5) is 0 Å². The first-order valence-electron chi connectivity index (χ1n) is 9.45. The van der Waals surface area contributed by atoms with Crippen LogP contribution in [-0.4, -0.2) is 69.1 Å². The fourth-order valence-electron chi connectivity index (χ4n) is 4.36. The number of likely N-dealkylation sites (tertiary alicyclic amines) is 1. The molecule has 2 aliphatic heterocycles. The van der Waals surface area contributed by atoms with Crippen LogP contribution in [0.25, 0.3) is 10.9 Å². The van der Waals surface area contributed by atoms with Crippen LogP contribution in [0.15, 0.2) is 18.2 Å². The van der Waals surface area contributed by atoms with Gasteiger partial charge in [-0.1, -0.05) is 0 Å². The molecule has 2 fully saturated rings. The first kappa shape index (κ1) is 17.7. The van der Waals surface area contributed by atoms with Crippen molar-refractivity contribution in [2.45, 2.75) is 25.8 Å². The van der Waals surface area contributed by atoms with Crippen molar-refractivity contribution in [1.82, 2.24) is 14.4 Å². The fourth-order valence-corrected chi connectivity index (χ4v) is 5.30. The maximum absolute atomic E-state index is 13.3. The van der Waals surface area contributed by atoms with Crippen LogP contribution in [0.3, 0.4) is 0 Å². The molecule has 2 aromatic rings. The van der Waals surface area contributed by atoms with Gasteiger partial charge in [-0.2, -0.15) is 11.8 Å². The summed E-state index contributed by atoms with van der Waals surface area (Å²) in [5.41, 5.74) is 2.70. The van der Waals surface area contributed by atoms with E-state index in [1.807, 2.05) is 41.3 Å². The third kappa shape index (κ3) is 3.09. The van der Waals surface area contributed by atoms with Crippen LogP contribution < -0.4 is 0 Å². The number of aromatic hydroxyl groups is 1. The summed E-state index contributed by atoms with van der Waals surface area (Å²) < 4.78 is 2.04. The number of rotatable bonds is 2. The molecule has 2 aliphatic rings. The average Bonchev–Trinajstić information content (AvgIpc) is 2.92. The predicted octanol–water partition coefficient (Wildman–Crippen LogP) is 2.85. The summed E-state index contributed by atoms with van der Waals surface area (Å²) in [5.74, 6) is 2.78. The standard InChI is InChI=1S/C20H27N3O2S/c1-14-19(17-13-16(24)3-4-18(17)21(14)2)20(25)23-7-5-15(6-8-23)22-9-11-26-12-10-22/h3-4,13,15,24H,5-12H2,1-2H3. The Morgan fingerprint density at radius 2 is 1.85 bits per heavy atom. The molecular formula is C20H27N3O2S. The Morgan fingerprint density at radius 3 is 2.54 bits per heavy atom. The van der Waals surface area contributed by atoms with Gasteiger partial charge in [-0.3, -0.25) is 9.69 Å². The number of phenolic OH excluding ortho intramolecular Hbond substituents is 1. The number of aryl methyl sites for hydroxylation is 1. The van der Waals surface area contributed by atoms with Crippen LogP contribution in [0.1, 0.15) is 28.9 Å². The minimum atomic E-state index is 0.103. The molecule has 0 aliphatic carbocycles. The Balaban J connectivity index is 1.53. The summed E-state index contributed by atoms with van der Waals surface area (Å²) in [6.07, 6.45) is 2.12. The van der Waals surface area contributed by atoms with Gasteiger partial charge in [0.15, 0.2) is 0 Å². The van der Waals surface area contributed by atoms with Crippen LogP contribution in [0.5, 0.6) is 5.75 Å². The second-order valence-corrected chi connectivity index (χ2v) is 8.62. The minimum absolute atomic E-state index is 0.103. The van der Waals surface area contributed by atoms with E-state index in [0.717, 1.165) is 48.1 Å². The molecule has 1 aromatic heterocycles. The van der Waals surface area contributed by atoms with Crippen molar-refractivity contribution in [3.05, 3.63) is 29.5 Å². The molecule has 0 spiro atoms. The Labute approximate surface area is 158 Å². The Morgan fingerprint density at radius 1 is 1.15 bits per heavy atom. The van der Waals surface area contributed by atoms with E-state index in [4.69, 9.17) is 0 Å². The van der Waals surface area contributed by atoms with E-state index < -0.39 is 0 Å². The SMILES string of the molecule is Cc1c(C(=O)N2CCC(N3CCSCC3)CC2)c2cc(O)ccc2n1C. The Hall–Kier alpha value is -1.66. The van der Waals surface area contributed by atoms with Gasteiger partial charge in [0, 0.05) is 67.4 Å². The molecule has 5 nitrogen and oxygen atoms in total. The van der Waals surface area contributed by atoms with Crippen molar-refractivity contribution >= 4 is 28.6 Å². The van der Waals surface area contributed by atoms with Gasteiger partial charge < -0.3 is 14.6 Å². The van der Waals surface area contributed by atoms with E-state index in [0.29, 0.717) is 6.04 Å². The number of hydrogen-bond acceptors (Lipinski definition) is 4. The summed E-state index contributed by atoms with van der Waals surface area (Å²) in [7, 11) is 1.98. The zero-order valence-electron chi connectivity index (χ0n) is 15.6. The van der Waals surface area contributed by atoms with E-state index >= 15 is 0 Å². The summed E-state index contributed by atoms with van der Waals surface area (Å²) in [6, 6.07) is 5.90. The number of amides is 1. The number of piperidine rings is 1. The molecule has 0 bridgehead atoms.